The van der Waals surface area contributed by atoms with Gasteiger partial charge in [0.15, 0.2) is 11.5 Å². The van der Waals surface area contributed by atoms with E-state index in [1.54, 1.807) is 21.3 Å². The lowest BCUT2D eigenvalue weighted by Gasteiger charge is -2.32. The average Bonchev–Trinajstić information content (AvgIpc) is 2.86. The zero-order valence-electron chi connectivity index (χ0n) is 21.4. The van der Waals surface area contributed by atoms with E-state index < -0.39 is 13.2 Å². The molecule has 0 fully saturated rings. The second kappa shape index (κ2) is 11.5. The molecule has 2 unspecified atom stereocenters. The molecule has 0 aliphatic carbocycles. The summed E-state index contributed by atoms with van der Waals surface area (Å²) in [5, 5.41) is 4.08. The fraction of sp³-hybridized carbons (Fsp3) is 0.333. The number of rotatable bonds is 11. The van der Waals surface area contributed by atoms with Crippen LogP contribution in [0.3, 0.4) is 0 Å². The maximum atomic E-state index is 15.0. The van der Waals surface area contributed by atoms with Gasteiger partial charge in [-0.3, -0.25) is 4.57 Å². The van der Waals surface area contributed by atoms with Gasteiger partial charge in [-0.2, -0.15) is 0 Å². The van der Waals surface area contributed by atoms with E-state index in [9.17, 15) is 4.57 Å². The third-order valence-corrected chi connectivity index (χ3v) is 8.37. The molecule has 8 heteroatoms. The smallest absolute Gasteiger partial charge is 0.258 e. The summed E-state index contributed by atoms with van der Waals surface area (Å²) in [5.41, 5.74) is 2.50. The first-order valence-corrected chi connectivity index (χ1v) is 13.1. The molecule has 2 atom stereocenters. The quantitative estimate of drug-likeness (QED) is 0.329. The largest absolute Gasteiger partial charge is 0.493 e. The molecule has 0 spiro atoms. The number of nitrogens with one attached hydrogen (secondary N) is 1. The van der Waals surface area contributed by atoms with E-state index in [1.165, 1.54) is 0 Å². The molecule has 35 heavy (non-hydrogen) atoms. The number of ether oxygens (including phenoxy) is 3. The Labute approximate surface area is 208 Å². The Morgan fingerprint density at radius 1 is 0.829 bits per heavy atom. The lowest BCUT2D eigenvalue weighted by molar-refractivity contribution is 0.245. The number of hydrogen-bond donors (Lipinski definition) is 1. The van der Waals surface area contributed by atoms with Gasteiger partial charge in [0.1, 0.15) is 5.78 Å². The third kappa shape index (κ3) is 5.92. The first-order chi connectivity index (χ1) is 16.7. The van der Waals surface area contributed by atoms with Crippen LogP contribution in [0.1, 0.15) is 25.2 Å². The van der Waals surface area contributed by atoms with Gasteiger partial charge in [0.25, 0.3) is 7.37 Å². The van der Waals surface area contributed by atoms with Crippen molar-refractivity contribution in [1.82, 2.24) is 0 Å². The Morgan fingerprint density at radius 2 is 1.40 bits per heavy atom. The van der Waals surface area contributed by atoms with Crippen LogP contribution in [0.2, 0.25) is 0 Å². The molecule has 0 aliphatic rings. The van der Waals surface area contributed by atoms with Crippen molar-refractivity contribution in [2.45, 2.75) is 25.7 Å². The molecule has 0 aliphatic heterocycles. The predicted molar refractivity (Wildman–Crippen MR) is 143 cm³/mol. The summed E-state index contributed by atoms with van der Waals surface area (Å²) in [6, 6.07) is 20.9. The summed E-state index contributed by atoms with van der Waals surface area (Å²) < 4.78 is 37.9. The van der Waals surface area contributed by atoms with E-state index in [4.69, 9.17) is 18.7 Å². The summed E-state index contributed by atoms with van der Waals surface area (Å²) >= 11 is 0. The molecular weight excluding hydrogens is 463 g/mol. The van der Waals surface area contributed by atoms with Crippen molar-refractivity contribution in [2.24, 2.45) is 0 Å². The lowest BCUT2D eigenvalue weighted by atomic mass is 10.1. The summed E-state index contributed by atoms with van der Waals surface area (Å²) in [6.45, 7) is 3.77. The average molecular weight is 499 g/mol. The number of para-hydroxylation sites is 1. The minimum Gasteiger partial charge on any atom is -0.493 e. The second-order valence-electron chi connectivity index (χ2n) is 8.53. The molecular formula is C27H35N2O5P. The monoisotopic (exact) mass is 498 g/mol. The normalized spacial score (nSPS) is 13.6. The Bertz CT molecular complexity index is 1120. The van der Waals surface area contributed by atoms with Gasteiger partial charge in [0.05, 0.1) is 27.4 Å². The Hall–Kier alpha value is -3.15. The SMILES string of the molecule is COc1cc(C(Nc2ccccc2)P(=O)(OC(C)C)c2ccc(N(C)C)cc2)cc(OC)c1OC. The molecule has 0 bridgehead atoms. The van der Waals surface area contributed by atoms with Crippen LogP contribution in [0.5, 0.6) is 17.2 Å². The minimum atomic E-state index is -3.54. The maximum Gasteiger partial charge on any atom is 0.258 e. The molecule has 3 rings (SSSR count). The molecule has 1 N–H and O–H groups in total. The fourth-order valence-electron chi connectivity index (χ4n) is 3.86. The highest BCUT2D eigenvalue weighted by molar-refractivity contribution is 7.67. The third-order valence-electron chi connectivity index (χ3n) is 5.51. The highest BCUT2D eigenvalue weighted by atomic mass is 31.2. The van der Waals surface area contributed by atoms with Crippen molar-refractivity contribution in [3.8, 4) is 17.2 Å². The first-order valence-electron chi connectivity index (χ1n) is 11.4. The topological polar surface area (TPSA) is 69.3 Å². The van der Waals surface area contributed by atoms with Gasteiger partial charge in [-0.15, -0.1) is 0 Å². The van der Waals surface area contributed by atoms with Crippen molar-refractivity contribution >= 4 is 24.0 Å². The highest BCUT2D eigenvalue weighted by Gasteiger charge is 2.40. The van der Waals surface area contributed by atoms with Crippen molar-refractivity contribution in [1.29, 1.82) is 0 Å². The van der Waals surface area contributed by atoms with Crippen LogP contribution in [0.4, 0.5) is 11.4 Å². The van der Waals surface area contributed by atoms with E-state index >= 15 is 0 Å². The number of hydrogen-bond acceptors (Lipinski definition) is 7. The van der Waals surface area contributed by atoms with Crippen LogP contribution in [-0.4, -0.2) is 41.5 Å². The zero-order chi connectivity index (χ0) is 25.6. The number of methoxy groups -OCH3 is 3. The van der Waals surface area contributed by atoms with Gasteiger partial charge >= 0.3 is 0 Å². The number of anilines is 2. The van der Waals surface area contributed by atoms with Gasteiger partial charge in [0.2, 0.25) is 5.75 Å². The van der Waals surface area contributed by atoms with Crippen molar-refractivity contribution < 1.29 is 23.3 Å². The van der Waals surface area contributed by atoms with Crippen LogP contribution in [0.25, 0.3) is 0 Å². The summed E-state index contributed by atoms with van der Waals surface area (Å²) in [7, 11) is 5.07. The van der Waals surface area contributed by atoms with Crippen LogP contribution in [0.15, 0.2) is 66.7 Å². The first kappa shape index (κ1) is 26.5. The predicted octanol–water partition coefficient (Wildman–Crippen LogP) is 5.92. The number of benzene rings is 3. The number of nitrogens with zero attached hydrogens (tertiary/aromatic N) is 1. The van der Waals surface area contributed by atoms with E-state index in [1.807, 2.05) is 99.6 Å². The van der Waals surface area contributed by atoms with E-state index in [2.05, 4.69) is 5.32 Å². The van der Waals surface area contributed by atoms with Crippen LogP contribution >= 0.6 is 7.37 Å². The van der Waals surface area contributed by atoms with Gasteiger partial charge in [-0.1, -0.05) is 18.2 Å². The standard InChI is InChI=1S/C27H35N2O5P/c1-19(2)34-35(30,23-15-13-22(14-16-23)29(3)4)27(28-21-11-9-8-10-12-21)20-17-24(31-5)26(33-7)25(18-20)32-6/h8-19,27-28H,1-7H3. The van der Waals surface area contributed by atoms with Crippen molar-refractivity contribution in [3.63, 3.8) is 0 Å². The van der Waals surface area contributed by atoms with E-state index in [-0.39, 0.29) is 6.10 Å². The van der Waals surface area contributed by atoms with Crippen LogP contribution in [0, 0.1) is 0 Å². The molecule has 188 valence electrons. The Kier molecular flexibility index (Phi) is 8.71. The molecule has 7 nitrogen and oxygen atoms in total. The van der Waals surface area contributed by atoms with Gasteiger partial charge < -0.3 is 29.0 Å². The zero-order valence-corrected chi connectivity index (χ0v) is 22.3. The molecule has 0 radical (unpaired) electrons. The summed E-state index contributed by atoms with van der Waals surface area (Å²) in [6.07, 6.45) is -0.281. The lowest BCUT2D eigenvalue weighted by Crippen LogP contribution is -2.23. The van der Waals surface area contributed by atoms with E-state index in [0.29, 0.717) is 28.1 Å². The molecule has 0 saturated heterocycles. The second-order valence-corrected chi connectivity index (χ2v) is 11.0. The molecule has 3 aromatic carbocycles. The molecule has 0 heterocycles. The van der Waals surface area contributed by atoms with Crippen molar-refractivity contribution in [3.05, 3.63) is 72.3 Å². The van der Waals surface area contributed by atoms with Crippen LogP contribution < -0.4 is 29.7 Å². The van der Waals surface area contributed by atoms with Gasteiger partial charge in [-0.05, 0) is 67.9 Å². The van der Waals surface area contributed by atoms with Crippen LogP contribution in [-0.2, 0) is 9.09 Å². The Balaban J connectivity index is 2.25. The molecule has 3 aromatic rings. The molecule has 0 amide bonds. The van der Waals surface area contributed by atoms with Crippen molar-refractivity contribution in [2.75, 3.05) is 45.6 Å². The van der Waals surface area contributed by atoms with Gasteiger partial charge in [0, 0.05) is 30.8 Å². The fourth-order valence-corrected chi connectivity index (χ4v) is 6.45. The van der Waals surface area contributed by atoms with E-state index in [0.717, 1.165) is 11.4 Å². The molecule has 0 saturated carbocycles. The van der Waals surface area contributed by atoms with Gasteiger partial charge in [-0.25, -0.2) is 0 Å². The summed E-state index contributed by atoms with van der Waals surface area (Å²) in [4.78, 5) is 2.00. The highest BCUT2D eigenvalue weighted by Crippen LogP contribution is 2.61. The molecule has 0 aromatic heterocycles. The maximum absolute atomic E-state index is 15.0. The Morgan fingerprint density at radius 3 is 1.86 bits per heavy atom. The summed E-state index contributed by atoms with van der Waals surface area (Å²) in [5.74, 6) is 0.680. The minimum absolute atomic E-state index is 0.281.